The van der Waals surface area contributed by atoms with Crippen molar-refractivity contribution in [2.24, 2.45) is 0 Å². The van der Waals surface area contributed by atoms with Crippen LogP contribution < -0.4 is 5.32 Å². The fourth-order valence-electron chi connectivity index (χ4n) is 3.45. The molecule has 3 rings (SSSR count). The summed E-state index contributed by atoms with van der Waals surface area (Å²) in [5, 5.41) is 1.81. The summed E-state index contributed by atoms with van der Waals surface area (Å²) >= 11 is 5.56. The molecule has 1 atom stereocenters. The number of halogens is 10. The summed E-state index contributed by atoms with van der Waals surface area (Å²) in [7, 11) is 0. The van der Waals surface area contributed by atoms with Crippen LogP contribution in [0.2, 0.25) is 5.02 Å². The van der Waals surface area contributed by atoms with E-state index in [4.69, 9.17) is 11.6 Å². The average Bonchev–Trinajstić information content (AvgIpc) is 3.57. The first-order valence-electron chi connectivity index (χ1n) is 10.6. The SMILES string of the molecule is O=C(/C=C/c1ccc(C(=O)NC2CC2)c(C(F)(F)F)c1)CC(c1cc(Cl)cc(C(F)(F)F)c1)C(F)(F)F. The van der Waals surface area contributed by atoms with Crippen LogP contribution >= 0.6 is 11.6 Å². The van der Waals surface area contributed by atoms with Crippen molar-refractivity contribution in [1.29, 1.82) is 0 Å². The Morgan fingerprint density at radius 3 is 2.14 bits per heavy atom. The maximum absolute atomic E-state index is 13.6. The minimum Gasteiger partial charge on any atom is -0.349 e. The molecule has 2 aromatic rings. The summed E-state index contributed by atoms with van der Waals surface area (Å²) in [5.74, 6) is -4.79. The van der Waals surface area contributed by atoms with E-state index in [1.54, 1.807) is 0 Å². The Bertz CT molecular complexity index is 1210. The van der Waals surface area contributed by atoms with Gasteiger partial charge in [-0.3, -0.25) is 9.59 Å². The fourth-order valence-corrected chi connectivity index (χ4v) is 3.69. The van der Waals surface area contributed by atoms with Crippen molar-refractivity contribution in [2.75, 3.05) is 0 Å². The van der Waals surface area contributed by atoms with Crippen molar-refractivity contribution in [2.45, 2.75) is 49.8 Å². The average molecular weight is 558 g/mol. The molecule has 2 aromatic carbocycles. The number of hydrogen-bond acceptors (Lipinski definition) is 2. The maximum atomic E-state index is 13.6. The quantitative estimate of drug-likeness (QED) is 0.282. The van der Waals surface area contributed by atoms with Gasteiger partial charge in [0.15, 0.2) is 5.78 Å². The number of benzene rings is 2. The van der Waals surface area contributed by atoms with E-state index in [-0.39, 0.29) is 17.7 Å². The molecule has 200 valence electrons. The molecule has 1 saturated carbocycles. The normalized spacial score (nSPS) is 15.6. The molecular formula is C24H17ClF9NO2. The van der Waals surface area contributed by atoms with Crippen molar-refractivity contribution in [1.82, 2.24) is 5.32 Å². The fraction of sp³-hybridized carbons (Fsp3) is 0.333. The van der Waals surface area contributed by atoms with Crippen molar-refractivity contribution >= 4 is 29.4 Å². The third-order valence-corrected chi connectivity index (χ3v) is 5.64. The molecule has 1 aliphatic rings. The smallest absolute Gasteiger partial charge is 0.349 e. The second-order valence-electron chi connectivity index (χ2n) is 8.42. The van der Waals surface area contributed by atoms with Crippen LogP contribution in [0, 0.1) is 0 Å². The molecule has 0 radical (unpaired) electrons. The van der Waals surface area contributed by atoms with Gasteiger partial charge in [-0.1, -0.05) is 23.7 Å². The summed E-state index contributed by atoms with van der Waals surface area (Å²) in [5.41, 5.74) is -4.50. The number of carbonyl (C=O) groups is 2. The molecule has 0 bridgehead atoms. The van der Waals surface area contributed by atoms with Gasteiger partial charge in [0.1, 0.15) is 0 Å². The van der Waals surface area contributed by atoms with E-state index in [1.165, 1.54) is 0 Å². The predicted octanol–water partition coefficient (Wildman–Crippen LogP) is 7.59. The summed E-state index contributed by atoms with van der Waals surface area (Å²) in [6, 6.07) is 3.66. The Morgan fingerprint density at radius 1 is 0.946 bits per heavy atom. The van der Waals surface area contributed by atoms with Crippen molar-refractivity contribution < 1.29 is 49.1 Å². The molecule has 3 nitrogen and oxygen atoms in total. The standard InChI is InChI=1S/C24H17ClF9NO2/c25-15-9-13(8-14(10-15)22(26,27)28)19(23(29,30)31)11-17(36)5-1-12-2-6-18(20(7-12)24(32,33)34)21(37)35-16-3-4-16/h1-2,5-10,16,19H,3-4,11H2,(H,35,37)/b5-1+. The number of rotatable bonds is 7. The second-order valence-corrected chi connectivity index (χ2v) is 8.86. The molecule has 1 unspecified atom stereocenters. The Morgan fingerprint density at radius 2 is 1.59 bits per heavy atom. The van der Waals surface area contributed by atoms with Crippen LogP contribution in [0.25, 0.3) is 6.08 Å². The molecule has 13 heteroatoms. The van der Waals surface area contributed by atoms with E-state index < -0.39 is 69.8 Å². The van der Waals surface area contributed by atoms with E-state index in [9.17, 15) is 49.1 Å². The van der Waals surface area contributed by atoms with Crippen LogP contribution in [-0.2, 0) is 17.1 Å². The molecule has 1 amide bonds. The van der Waals surface area contributed by atoms with Gasteiger partial charge in [-0.15, -0.1) is 0 Å². The van der Waals surface area contributed by atoms with Gasteiger partial charge in [-0.05, 0) is 60.4 Å². The van der Waals surface area contributed by atoms with Gasteiger partial charge in [0.25, 0.3) is 5.91 Å². The van der Waals surface area contributed by atoms with E-state index in [2.05, 4.69) is 5.32 Å². The summed E-state index contributed by atoms with van der Waals surface area (Å²) in [6.07, 6.45) is -13.7. The Kier molecular flexibility index (Phi) is 8.02. The highest BCUT2D eigenvalue weighted by Crippen LogP contribution is 2.41. The van der Waals surface area contributed by atoms with E-state index in [0.29, 0.717) is 37.1 Å². The lowest BCUT2D eigenvalue weighted by molar-refractivity contribution is -0.156. The lowest BCUT2D eigenvalue weighted by Gasteiger charge is -2.21. The monoisotopic (exact) mass is 557 g/mol. The zero-order chi connectivity index (χ0) is 27.8. The number of allylic oxidation sites excluding steroid dienone is 1. The van der Waals surface area contributed by atoms with Gasteiger partial charge in [-0.25, -0.2) is 0 Å². The molecule has 0 aromatic heterocycles. The zero-order valence-corrected chi connectivity index (χ0v) is 19.2. The Balaban J connectivity index is 1.85. The van der Waals surface area contributed by atoms with Crippen LogP contribution in [0.4, 0.5) is 39.5 Å². The Labute approximate surface area is 209 Å². The number of amides is 1. The lowest BCUT2D eigenvalue weighted by Crippen LogP contribution is -2.28. The highest BCUT2D eigenvalue weighted by molar-refractivity contribution is 6.30. The second kappa shape index (κ2) is 10.4. The minimum atomic E-state index is -5.13. The van der Waals surface area contributed by atoms with Gasteiger partial charge in [0.2, 0.25) is 0 Å². The topological polar surface area (TPSA) is 46.2 Å². The van der Waals surface area contributed by atoms with Crippen molar-refractivity contribution in [3.63, 3.8) is 0 Å². The largest absolute Gasteiger partial charge is 0.417 e. The van der Waals surface area contributed by atoms with Crippen molar-refractivity contribution in [3.05, 3.63) is 75.3 Å². The predicted molar refractivity (Wildman–Crippen MR) is 116 cm³/mol. The van der Waals surface area contributed by atoms with Crippen LogP contribution in [0.3, 0.4) is 0 Å². The Hall–Kier alpha value is -3.02. The van der Waals surface area contributed by atoms with Gasteiger partial charge in [0, 0.05) is 17.5 Å². The first-order chi connectivity index (χ1) is 16.9. The third kappa shape index (κ3) is 7.73. The molecule has 0 saturated heterocycles. The van der Waals surface area contributed by atoms with Crippen LogP contribution in [0.5, 0.6) is 0 Å². The number of alkyl halides is 9. The molecular weight excluding hydrogens is 541 g/mol. The summed E-state index contributed by atoms with van der Waals surface area (Å²) in [6.45, 7) is 0. The van der Waals surface area contributed by atoms with Gasteiger partial charge >= 0.3 is 18.5 Å². The summed E-state index contributed by atoms with van der Waals surface area (Å²) < 4.78 is 120. The maximum Gasteiger partial charge on any atom is 0.417 e. The van der Waals surface area contributed by atoms with E-state index in [0.717, 1.165) is 18.2 Å². The van der Waals surface area contributed by atoms with Gasteiger partial charge in [0.05, 0.1) is 22.6 Å². The number of ketones is 1. The highest BCUT2D eigenvalue weighted by atomic mass is 35.5. The summed E-state index contributed by atoms with van der Waals surface area (Å²) in [4.78, 5) is 24.4. The molecule has 37 heavy (non-hydrogen) atoms. The zero-order valence-electron chi connectivity index (χ0n) is 18.5. The first-order valence-corrected chi connectivity index (χ1v) is 11.0. The van der Waals surface area contributed by atoms with Gasteiger partial charge < -0.3 is 5.32 Å². The van der Waals surface area contributed by atoms with Crippen LogP contribution in [-0.4, -0.2) is 23.9 Å². The lowest BCUT2D eigenvalue weighted by atomic mass is 9.91. The molecule has 1 N–H and O–H groups in total. The van der Waals surface area contributed by atoms with Crippen LogP contribution in [0.15, 0.2) is 42.5 Å². The number of carbonyl (C=O) groups excluding carboxylic acids is 2. The number of hydrogen-bond donors (Lipinski definition) is 1. The van der Waals surface area contributed by atoms with Gasteiger partial charge in [-0.2, -0.15) is 39.5 Å². The molecule has 1 fully saturated rings. The minimum absolute atomic E-state index is 0.209. The number of nitrogens with one attached hydrogen (secondary N) is 1. The van der Waals surface area contributed by atoms with E-state index >= 15 is 0 Å². The van der Waals surface area contributed by atoms with E-state index in [1.807, 2.05) is 0 Å². The molecule has 1 aliphatic carbocycles. The molecule has 0 spiro atoms. The third-order valence-electron chi connectivity index (χ3n) is 5.42. The van der Waals surface area contributed by atoms with Crippen LogP contribution in [0.1, 0.15) is 57.8 Å². The molecule has 0 aliphatic heterocycles. The first kappa shape index (κ1) is 28.5. The highest BCUT2D eigenvalue weighted by Gasteiger charge is 2.43. The van der Waals surface area contributed by atoms with Crippen molar-refractivity contribution in [3.8, 4) is 0 Å². The molecule has 0 heterocycles.